The second-order valence-corrected chi connectivity index (χ2v) is 4.50. The number of hydrogen-bond donors (Lipinski definition) is 0. The van der Waals surface area contributed by atoms with Gasteiger partial charge in [0.05, 0.1) is 30.0 Å². The minimum absolute atomic E-state index is 0.0744. The highest BCUT2D eigenvalue weighted by atomic mass is 79.9. The molecule has 0 amide bonds. The van der Waals surface area contributed by atoms with Crippen molar-refractivity contribution in [3.8, 4) is 11.4 Å². The maximum absolute atomic E-state index is 11.1. The molecule has 0 radical (unpaired) electrons. The minimum Gasteiger partial charge on any atom is -0.496 e. The number of rotatable bonds is 5. The van der Waals surface area contributed by atoms with E-state index in [1.54, 1.807) is 18.3 Å². The highest BCUT2D eigenvalue weighted by Crippen LogP contribution is 2.27. The molecular weight excluding hydrogens is 316 g/mol. The Morgan fingerprint density at radius 1 is 1.53 bits per heavy atom. The summed E-state index contributed by atoms with van der Waals surface area (Å²) in [5, 5.41) is 19.7. The third-order valence-corrected chi connectivity index (χ3v) is 2.91. The van der Waals surface area contributed by atoms with Crippen molar-refractivity contribution in [3.63, 3.8) is 0 Å². The third-order valence-electron chi connectivity index (χ3n) is 2.52. The van der Waals surface area contributed by atoms with Gasteiger partial charge < -0.3 is 4.74 Å². The van der Waals surface area contributed by atoms with Gasteiger partial charge in [-0.05, 0) is 12.1 Å². The molecule has 2 rings (SSSR count). The van der Waals surface area contributed by atoms with Crippen molar-refractivity contribution in [2.75, 3.05) is 12.4 Å². The van der Waals surface area contributed by atoms with Crippen LogP contribution in [0.5, 0.6) is 5.75 Å². The average molecular weight is 327 g/mol. The van der Waals surface area contributed by atoms with Crippen LogP contribution in [0.4, 0.5) is 5.69 Å². The molecule has 100 valence electrons. The van der Waals surface area contributed by atoms with Gasteiger partial charge in [0.15, 0.2) is 0 Å². The first kappa shape index (κ1) is 13.5. The zero-order valence-corrected chi connectivity index (χ0v) is 11.7. The standard InChI is InChI=1S/C11H11BrN4O3/c1-19-9-2-3-10(11(6-9)16(17)18)15-7-8(4-5-12)13-14-15/h2-3,6-7H,4-5H2,1H3. The van der Waals surface area contributed by atoms with E-state index < -0.39 is 4.92 Å². The fourth-order valence-electron chi connectivity index (χ4n) is 1.60. The maximum atomic E-state index is 11.1. The van der Waals surface area contributed by atoms with Crippen molar-refractivity contribution in [3.05, 3.63) is 40.2 Å². The van der Waals surface area contributed by atoms with Crippen molar-refractivity contribution in [2.45, 2.75) is 6.42 Å². The monoisotopic (exact) mass is 326 g/mol. The molecule has 0 N–H and O–H groups in total. The summed E-state index contributed by atoms with van der Waals surface area (Å²) in [6, 6.07) is 4.60. The number of hydrogen-bond acceptors (Lipinski definition) is 5. The lowest BCUT2D eigenvalue weighted by atomic mass is 10.2. The number of nitro benzene ring substituents is 1. The van der Waals surface area contributed by atoms with Crippen LogP contribution < -0.4 is 4.74 Å². The lowest BCUT2D eigenvalue weighted by Gasteiger charge is -2.04. The average Bonchev–Trinajstić information content (AvgIpc) is 2.87. The molecular formula is C11H11BrN4O3. The smallest absolute Gasteiger partial charge is 0.298 e. The highest BCUT2D eigenvalue weighted by Gasteiger charge is 2.18. The number of methoxy groups -OCH3 is 1. The fraction of sp³-hybridized carbons (Fsp3) is 0.273. The maximum Gasteiger partial charge on any atom is 0.298 e. The van der Waals surface area contributed by atoms with E-state index in [1.807, 2.05) is 0 Å². The molecule has 1 heterocycles. The molecule has 0 unspecified atom stereocenters. The summed E-state index contributed by atoms with van der Waals surface area (Å²) in [6.45, 7) is 0. The van der Waals surface area contributed by atoms with Crippen molar-refractivity contribution in [1.82, 2.24) is 15.0 Å². The molecule has 0 saturated carbocycles. The van der Waals surface area contributed by atoms with Crippen molar-refractivity contribution < 1.29 is 9.66 Å². The molecule has 0 aliphatic heterocycles. The zero-order chi connectivity index (χ0) is 13.8. The highest BCUT2D eigenvalue weighted by molar-refractivity contribution is 9.09. The van der Waals surface area contributed by atoms with Gasteiger partial charge in [-0.1, -0.05) is 21.1 Å². The molecule has 0 aliphatic rings. The summed E-state index contributed by atoms with van der Waals surface area (Å²) >= 11 is 3.31. The first-order valence-corrected chi connectivity index (χ1v) is 6.58. The van der Waals surface area contributed by atoms with E-state index in [0.717, 1.165) is 11.0 Å². The van der Waals surface area contributed by atoms with E-state index in [1.165, 1.54) is 17.9 Å². The van der Waals surface area contributed by atoms with Gasteiger partial charge in [0, 0.05) is 11.8 Å². The normalized spacial score (nSPS) is 10.4. The Morgan fingerprint density at radius 2 is 2.32 bits per heavy atom. The molecule has 0 saturated heterocycles. The van der Waals surface area contributed by atoms with E-state index in [4.69, 9.17) is 4.74 Å². The Morgan fingerprint density at radius 3 is 2.95 bits per heavy atom. The second-order valence-electron chi connectivity index (χ2n) is 3.71. The van der Waals surface area contributed by atoms with Crippen LogP contribution >= 0.6 is 15.9 Å². The van der Waals surface area contributed by atoms with Gasteiger partial charge >= 0.3 is 0 Å². The van der Waals surface area contributed by atoms with Gasteiger partial charge in [0.25, 0.3) is 5.69 Å². The molecule has 0 spiro atoms. The number of nitrogens with zero attached hydrogens (tertiary/aromatic N) is 4. The summed E-state index contributed by atoms with van der Waals surface area (Å²) in [7, 11) is 1.46. The van der Waals surface area contributed by atoms with Crippen LogP contribution in [0.25, 0.3) is 5.69 Å². The van der Waals surface area contributed by atoms with E-state index in [0.29, 0.717) is 17.9 Å². The minimum atomic E-state index is -0.469. The zero-order valence-electron chi connectivity index (χ0n) is 10.1. The van der Waals surface area contributed by atoms with Crippen molar-refractivity contribution in [1.29, 1.82) is 0 Å². The van der Waals surface area contributed by atoms with Gasteiger partial charge in [0.1, 0.15) is 11.4 Å². The SMILES string of the molecule is COc1ccc(-n2cc(CCBr)nn2)c([N+](=O)[O-])c1. The van der Waals surface area contributed by atoms with E-state index in [2.05, 4.69) is 26.2 Å². The number of nitro groups is 1. The first-order chi connectivity index (χ1) is 9.15. The summed E-state index contributed by atoms with van der Waals surface area (Å²) in [4.78, 5) is 10.6. The molecule has 8 heteroatoms. The summed E-state index contributed by atoms with van der Waals surface area (Å²) in [6.07, 6.45) is 2.39. The number of aryl methyl sites for hydroxylation is 1. The number of aromatic nitrogens is 3. The van der Waals surface area contributed by atoms with Gasteiger partial charge in [0.2, 0.25) is 0 Å². The van der Waals surface area contributed by atoms with Crippen LogP contribution in [0, 0.1) is 10.1 Å². The third kappa shape index (κ3) is 2.90. The molecule has 0 atom stereocenters. The van der Waals surface area contributed by atoms with Gasteiger partial charge in [-0.15, -0.1) is 5.10 Å². The van der Waals surface area contributed by atoms with Crippen molar-refractivity contribution >= 4 is 21.6 Å². The predicted octanol–water partition coefficient (Wildman–Crippen LogP) is 2.12. The number of ether oxygens (including phenoxy) is 1. The number of benzene rings is 1. The van der Waals surface area contributed by atoms with Gasteiger partial charge in [-0.3, -0.25) is 10.1 Å². The second kappa shape index (κ2) is 5.79. The van der Waals surface area contributed by atoms with Crippen LogP contribution in [0.15, 0.2) is 24.4 Å². The van der Waals surface area contributed by atoms with Crippen LogP contribution in [0.3, 0.4) is 0 Å². The lowest BCUT2D eigenvalue weighted by Crippen LogP contribution is -2.01. The van der Waals surface area contributed by atoms with Crippen molar-refractivity contribution in [2.24, 2.45) is 0 Å². The molecule has 0 fully saturated rings. The molecule has 0 aliphatic carbocycles. The Bertz CT molecular complexity index is 599. The number of halogens is 1. The van der Waals surface area contributed by atoms with E-state index >= 15 is 0 Å². The van der Waals surface area contributed by atoms with Crippen LogP contribution in [-0.2, 0) is 6.42 Å². The van der Waals surface area contributed by atoms with Crippen LogP contribution in [-0.4, -0.2) is 32.4 Å². The Labute approximate surface area is 117 Å². The molecule has 19 heavy (non-hydrogen) atoms. The first-order valence-electron chi connectivity index (χ1n) is 5.45. The molecule has 0 bridgehead atoms. The lowest BCUT2D eigenvalue weighted by molar-refractivity contribution is -0.384. The Kier molecular flexibility index (Phi) is 4.10. The predicted molar refractivity (Wildman–Crippen MR) is 72.1 cm³/mol. The largest absolute Gasteiger partial charge is 0.496 e. The number of alkyl halides is 1. The molecule has 7 nitrogen and oxygen atoms in total. The molecule has 1 aromatic heterocycles. The van der Waals surface area contributed by atoms with Crippen LogP contribution in [0.1, 0.15) is 5.69 Å². The van der Waals surface area contributed by atoms with E-state index in [9.17, 15) is 10.1 Å². The topological polar surface area (TPSA) is 83.1 Å². The van der Waals surface area contributed by atoms with E-state index in [-0.39, 0.29) is 5.69 Å². The van der Waals surface area contributed by atoms with Crippen LogP contribution in [0.2, 0.25) is 0 Å². The Hall–Kier alpha value is -1.96. The fourth-order valence-corrected chi connectivity index (χ4v) is 2.00. The van der Waals surface area contributed by atoms with Gasteiger partial charge in [-0.25, -0.2) is 4.68 Å². The summed E-state index contributed by atoms with van der Waals surface area (Å²) in [5.74, 6) is 0.427. The Balaban J connectivity index is 2.45. The molecule has 1 aromatic carbocycles. The quantitative estimate of drug-likeness (QED) is 0.477. The molecule has 2 aromatic rings. The van der Waals surface area contributed by atoms with Gasteiger partial charge in [-0.2, -0.15) is 0 Å². The summed E-state index contributed by atoms with van der Waals surface area (Å²) in [5.41, 5.74) is 1.05. The summed E-state index contributed by atoms with van der Waals surface area (Å²) < 4.78 is 6.38.